The van der Waals surface area contributed by atoms with Crippen LogP contribution in [0.25, 0.3) is 0 Å². The molecule has 1 atom stereocenters. The molecule has 0 aliphatic carbocycles. The number of hydrogen-bond donors (Lipinski definition) is 1. The quantitative estimate of drug-likeness (QED) is 0.749. The first-order chi connectivity index (χ1) is 10.4. The van der Waals surface area contributed by atoms with Crippen molar-refractivity contribution < 1.29 is 13.2 Å². The zero-order valence-electron chi connectivity index (χ0n) is 13.6. The summed E-state index contributed by atoms with van der Waals surface area (Å²) in [6.07, 6.45) is 1.15. The summed E-state index contributed by atoms with van der Waals surface area (Å²) < 4.78 is 22.2. The van der Waals surface area contributed by atoms with E-state index in [0.29, 0.717) is 6.54 Å². The molecule has 1 N–H and O–H groups in total. The number of nitrogens with zero attached hydrogens (tertiary/aromatic N) is 1. The topological polar surface area (TPSA) is 66.5 Å². The Kier molecular flexibility index (Phi) is 7.55. The van der Waals surface area contributed by atoms with Gasteiger partial charge in [-0.25, -0.2) is 8.42 Å². The molecule has 0 saturated carbocycles. The van der Waals surface area contributed by atoms with Gasteiger partial charge in [-0.2, -0.15) is 0 Å². The predicted molar refractivity (Wildman–Crippen MR) is 89.4 cm³/mol. The van der Waals surface area contributed by atoms with E-state index in [9.17, 15) is 13.2 Å². The third kappa shape index (κ3) is 6.58. The highest BCUT2D eigenvalue weighted by atomic mass is 32.2. The van der Waals surface area contributed by atoms with Crippen molar-refractivity contribution in [1.29, 1.82) is 0 Å². The Morgan fingerprint density at radius 3 is 2.27 bits per heavy atom. The summed E-state index contributed by atoms with van der Waals surface area (Å²) >= 11 is 0. The van der Waals surface area contributed by atoms with Gasteiger partial charge in [0.1, 0.15) is 9.84 Å². The summed E-state index contributed by atoms with van der Waals surface area (Å²) in [4.78, 5) is 14.1. The molecule has 124 valence electrons. The molecule has 1 aromatic rings. The molecule has 1 unspecified atom stereocenters. The van der Waals surface area contributed by atoms with Crippen LogP contribution in [0.4, 0.5) is 0 Å². The maximum atomic E-state index is 11.8. The Labute approximate surface area is 133 Å². The number of nitrogens with one attached hydrogen (secondary N) is 1. The van der Waals surface area contributed by atoms with Gasteiger partial charge in [-0.15, -0.1) is 0 Å². The lowest BCUT2D eigenvalue weighted by Gasteiger charge is -2.30. The molecule has 0 aromatic heterocycles. The van der Waals surface area contributed by atoms with Crippen LogP contribution in [0, 0.1) is 0 Å². The van der Waals surface area contributed by atoms with Crippen molar-refractivity contribution in [1.82, 2.24) is 10.2 Å². The van der Waals surface area contributed by atoms with Gasteiger partial charge in [0.05, 0.1) is 11.8 Å². The van der Waals surface area contributed by atoms with Gasteiger partial charge < -0.3 is 5.32 Å². The summed E-state index contributed by atoms with van der Waals surface area (Å²) in [7, 11) is -3.11. The second-order valence-electron chi connectivity index (χ2n) is 5.33. The number of benzene rings is 1. The number of rotatable bonds is 9. The lowest BCUT2D eigenvalue weighted by Crippen LogP contribution is -2.38. The van der Waals surface area contributed by atoms with E-state index >= 15 is 0 Å². The second-order valence-corrected chi connectivity index (χ2v) is 7.59. The lowest BCUT2D eigenvalue weighted by molar-refractivity contribution is -0.121. The molecule has 0 fully saturated rings. The standard InChI is InChI=1S/C16H26N2O3S/c1-4-18(5-2)15(14-9-7-6-8-10-14)13-17-16(19)11-12-22(3,20)21/h6-10,15H,4-5,11-13H2,1-3H3,(H,17,19). The molecule has 0 bridgehead atoms. The molecule has 22 heavy (non-hydrogen) atoms. The van der Waals surface area contributed by atoms with E-state index in [0.717, 1.165) is 24.9 Å². The number of sulfone groups is 1. The van der Waals surface area contributed by atoms with Crippen molar-refractivity contribution in [2.45, 2.75) is 26.3 Å². The van der Waals surface area contributed by atoms with E-state index in [1.54, 1.807) is 0 Å². The Hall–Kier alpha value is -1.40. The zero-order valence-corrected chi connectivity index (χ0v) is 14.4. The normalized spacial score (nSPS) is 13.1. The highest BCUT2D eigenvalue weighted by molar-refractivity contribution is 7.90. The molecule has 0 spiro atoms. The number of carbonyl (C=O) groups is 1. The molecule has 0 radical (unpaired) electrons. The Bertz CT molecular complexity index is 554. The number of hydrogen-bond acceptors (Lipinski definition) is 4. The fraction of sp³-hybridized carbons (Fsp3) is 0.562. The van der Waals surface area contributed by atoms with Crippen molar-refractivity contribution in [3.8, 4) is 0 Å². The molecule has 6 heteroatoms. The first-order valence-corrected chi connectivity index (χ1v) is 9.66. The van der Waals surface area contributed by atoms with E-state index < -0.39 is 9.84 Å². The number of carbonyl (C=O) groups excluding carboxylic acids is 1. The van der Waals surface area contributed by atoms with Crippen LogP contribution < -0.4 is 5.32 Å². The van der Waals surface area contributed by atoms with Crippen LogP contribution in [0.2, 0.25) is 0 Å². The SMILES string of the molecule is CCN(CC)C(CNC(=O)CCS(C)(=O)=O)c1ccccc1. The fourth-order valence-corrected chi connectivity index (χ4v) is 2.93. The van der Waals surface area contributed by atoms with Crippen LogP contribution in [0.15, 0.2) is 30.3 Å². The molecule has 5 nitrogen and oxygen atoms in total. The summed E-state index contributed by atoms with van der Waals surface area (Å²) in [5.74, 6) is -0.335. The highest BCUT2D eigenvalue weighted by Crippen LogP contribution is 2.19. The van der Waals surface area contributed by atoms with Gasteiger partial charge in [0, 0.05) is 19.2 Å². The first kappa shape index (κ1) is 18.6. The monoisotopic (exact) mass is 326 g/mol. The zero-order chi connectivity index (χ0) is 16.6. The molecular formula is C16H26N2O3S. The minimum absolute atomic E-state index is 0.0125. The maximum absolute atomic E-state index is 11.8. The Balaban J connectivity index is 2.68. The van der Waals surface area contributed by atoms with Gasteiger partial charge in [0.2, 0.25) is 5.91 Å². The predicted octanol–water partition coefficient (Wildman–Crippen LogP) is 1.62. The van der Waals surface area contributed by atoms with Crippen molar-refractivity contribution >= 4 is 15.7 Å². The minimum atomic E-state index is -3.11. The van der Waals surface area contributed by atoms with Gasteiger partial charge in [-0.1, -0.05) is 44.2 Å². The van der Waals surface area contributed by atoms with Gasteiger partial charge in [-0.3, -0.25) is 9.69 Å². The van der Waals surface area contributed by atoms with Crippen molar-refractivity contribution in [2.24, 2.45) is 0 Å². The van der Waals surface area contributed by atoms with Gasteiger partial charge in [0.25, 0.3) is 0 Å². The van der Waals surface area contributed by atoms with Gasteiger partial charge >= 0.3 is 0 Å². The summed E-state index contributed by atoms with van der Waals surface area (Å²) in [5.41, 5.74) is 1.15. The second kappa shape index (κ2) is 8.90. The third-order valence-electron chi connectivity index (χ3n) is 3.63. The molecule has 0 heterocycles. The van der Waals surface area contributed by atoms with Crippen LogP contribution in [0.5, 0.6) is 0 Å². The molecular weight excluding hydrogens is 300 g/mol. The van der Waals surface area contributed by atoms with Crippen LogP contribution >= 0.6 is 0 Å². The van der Waals surface area contributed by atoms with Crippen molar-refractivity contribution in [2.75, 3.05) is 31.6 Å². The van der Waals surface area contributed by atoms with Crippen molar-refractivity contribution in [3.05, 3.63) is 35.9 Å². The summed E-state index contributed by atoms with van der Waals surface area (Å²) in [6.45, 7) is 6.43. The Morgan fingerprint density at radius 2 is 1.77 bits per heavy atom. The molecule has 1 rings (SSSR count). The van der Waals surface area contributed by atoms with E-state index in [1.165, 1.54) is 0 Å². The van der Waals surface area contributed by atoms with Gasteiger partial charge in [0.15, 0.2) is 0 Å². The van der Waals surface area contributed by atoms with E-state index in [2.05, 4.69) is 24.1 Å². The minimum Gasteiger partial charge on any atom is -0.354 e. The smallest absolute Gasteiger partial charge is 0.221 e. The summed E-state index contributed by atoms with van der Waals surface area (Å²) in [6, 6.07) is 10.1. The van der Waals surface area contributed by atoms with Gasteiger partial charge in [-0.05, 0) is 18.7 Å². The summed E-state index contributed by atoms with van der Waals surface area (Å²) in [5, 5.41) is 2.86. The number of amides is 1. The average molecular weight is 326 g/mol. The average Bonchev–Trinajstić information content (AvgIpc) is 2.49. The molecule has 0 saturated heterocycles. The molecule has 0 aliphatic heterocycles. The largest absolute Gasteiger partial charge is 0.354 e. The highest BCUT2D eigenvalue weighted by Gasteiger charge is 2.18. The maximum Gasteiger partial charge on any atom is 0.221 e. The van der Waals surface area contributed by atoms with Crippen LogP contribution in [0.3, 0.4) is 0 Å². The van der Waals surface area contributed by atoms with Crippen molar-refractivity contribution in [3.63, 3.8) is 0 Å². The Morgan fingerprint density at radius 1 is 1.18 bits per heavy atom. The third-order valence-corrected chi connectivity index (χ3v) is 4.58. The van der Waals surface area contributed by atoms with E-state index in [1.807, 2.05) is 30.3 Å². The van der Waals surface area contributed by atoms with Crippen LogP contribution in [-0.2, 0) is 14.6 Å². The van der Waals surface area contributed by atoms with Crippen LogP contribution in [-0.4, -0.2) is 50.9 Å². The number of likely N-dealkylation sites (N-methyl/N-ethyl adjacent to an activating group) is 1. The molecule has 0 aliphatic rings. The molecule has 1 aromatic carbocycles. The molecule has 1 amide bonds. The van der Waals surface area contributed by atoms with E-state index in [4.69, 9.17) is 0 Å². The van der Waals surface area contributed by atoms with E-state index in [-0.39, 0.29) is 24.1 Å². The van der Waals surface area contributed by atoms with Crippen LogP contribution in [0.1, 0.15) is 31.9 Å². The first-order valence-electron chi connectivity index (χ1n) is 7.60. The lowest BCUT2D eigenvalue weighted by atomic mass is 10.1. The fourth-order valence-electron chi connectivity index (χ4n) is 2.37.